The molecule has 0 spiro atoms. The third kappa shape index (κ3) is 4.69. The van der Waals surface area contributed by atoms with Gasteiger partial charge in [0.25, 0.3) is 0 Å². The standard InChI is InChI=1S/C21H26Cl2N2S/c1-2-17-8-9-21-19(16-17)25(18-6-3-4-7-20(18)26-21)13-5-12-24(14-10-22)15-11-23/h3-4,6-9,16H,2,5,10-15H2,1H3. The van der Waals surface area contributed by atoms with Gasteiger partial charge < -0.3 is 9.80 Å². The number of fused-ring (bicyclic) bond motifs is 2. The van der Waals surface area contributed by atoms with E-state index in [2.05, 4.69) is 59.2 Å². The number of alkyl halides is 2. The van der Waals surface area contributed by atoms with Gasteiger partial charge in [0.05, 0.1) is 11.4 Å². The summed E-state index contributed by atoms with van der Waals surface area (Å²) < 4.78 is 0. The van der Waals surface area contributed by atoms with E-state index in [1.54, 1.807) is 0 Å². The van der Waals surface area contributed by atoms with Crippen LogP contribution in [-0.4, -0.2) is 42.8 Å². The molecular formula is C21H26Cl2N2S. The Morgan fingerprint density at radius 3 is 2.38 bits per heavy atom. The normalized spacial score (nSPS) is 13.0. The van der Waals surface area contributed by atoms with Crippen molar-refractivity contribution in [3.8, 4) is 0 Å². The molecule has 0 aliphatic carbocycles. The number of nitrogens with zero attached hydrogens (tertiary/aromatic N) is 2. The molecule has 5 heteroatoms. The summed E-state index contributed by atoms with van der Waals surface area (Å²) in [7, 11) is 0. The average molecular weight is 409 g/mol. The molecule has 26 heavy (non-hydrogen) atoms. The smallest absolute Gasteiger partial charge is 0.0555 e. The molecule has 0 saturated carbocycles. The van der Waals surface area contributed by atoms with Crippen LogP contribution in [0, 0.1) is 0 Å². The molecule has 140 valence electrons. The highest BCUT2D eigenvalue weighted by Crippen LogP contribution is 2.48. The summed E-state index contributed by atoms with van der Waals surface area (Å²) >= 11 is 13.7. The second-order valence-electron chi connectivity index (χ2n) is 6.45. The predicted molar refractivity (Wildman–Crippen MR) is 116 cm³/mol. The van der Waals surface area contributed by atoms with E-state index in [0.717, 1.165) is 39.0 Å². The van der Waals surface area contributed by atoms with Crippen LogP contribution in [0.15, 0.2) is 52.3 Å². The Morgan fingerprint density at radius 2 is 1.65 bits per heavy atom. The fraction of sp³-hybridized carbons (Fsp3) is 0.429. The van der Waals surface area contributed by atoms with E-state index in [0.29, 0.717) is 11.8 Å². The van der Waals surface area contributed by atoms with Crippen molar-refractivity contribution in [2.45, 2.75) is 29.6 Å². The fourth-order valence-corrected chi connectivity index (χ4v) is 4.92. The Balaban J connectivity index is 1.79. The van der Waals surface area contributed by atoms with Crippen molar-refractivity contribution >= 4 is 46.3 Å². The van der Waals surface area contributed by atoms with Crippen molar-refractivity contribution in [1.82, 2.24) is 4.90 Å². The minimum Gasteiger partial charge on any atom is -0.340 e. The Labute approximate surface area is 171 Å². The molecule has 0 atom stereocenters. The van der Waals surface area contributed by atoms with Crippen molar-refractivity contribution in [3.05, 3.63) is 48.0 Å². The van der Waals surface area contributed by atoms with Crippen molar-refractivity contribution in [2.24, 2.45) is 0 Å². The Kier molecular flexibility index (Phi) is 7.56. The lowest BCUT2D eigenvalue weighted by molar-refractivity contribution is 0.305. The molecule has 0 bridgehead atoms. The van der Waals surface area contributed by atoms with Gasteiger partial charge in [-0.1, -0.05) is 36.9 Å². The largest absolute Gasteiger partial charge is 0.340 e. The fourth-order valence-electron chi connectivity index (χ4n) is 3.36. The van der Waals surface area contributed by atoms with Gasteiger partial charge in [-0.2, -0.15) is 0 Å². The van der Waals surface area contributed by atoms with Crippen LogP contribution >= 0.6 is 35.0 Å². The van der Waals surface area contributed by atoms with Crippen LogP contribution in [0.3, 0.4) is 0 Å². The number of hydrogen-bond donors (Lipinski definition) is 0. The average Bonchev–Trinajstić information content (AvgIpc) is 2.67. The van der Waals surface area contributed by atoms with Gasteiger partial charge >= 0.3 is 0 Å². The maximum atomic E-state index is 5.93. The van der Waals surface area contributed by atoms with Crippen LogP contribution in [0.5, 0.6) is 0 Å². The molecule has 2 aromatic carbocycles. The lowest BCUT2D eigenvalue weighted by Gasteiger charge is -2.34. The molecule has 2 aromatic rings. The number of aryl methyl sites for hydroxylation is 1. The predicted octanol–water partition coefficient (Wildman–Crippen LogP) is 6.02. The van der Waals surface area contributed by atoms with Gasteiger partial charge in [0.1, 0.15) is 0 Å². The molecule has 1 heterocycles. The molecule has 0 aromatic heterocycles. The Hall–Kier alpha value is -0.870. The van der Waals surface area contributed by atoms with Gasteiger partial charge in [0, 0.05) is 41.2 Å². The Morgan fingerprint density at radius 1 is 0.923 bits per heavy atom. The van der Waals surface area contributed by atoms with Crippen LogP contribution in [0.4, 0.5) is 11.4 Å². The molecule has 2 nitrogen and oxygen atoms in total. The second-order valence-corrected chi connectivity index (χ2v) is 8.29. The summed E-state index contributed by atoms with van der Waals surface area (Å²) in [6.07, 6.45) is 2.15. The first-order chi connectivity index (χ1) is 12.8. The molecule has 0 N–H and O–H groups in total. The van der Waals surface area contributed by atoms with Crippen LogP contribution in [0.25, 0.3) is 0 Å². The van der Waals surface area contributed by atoms with Gasteiger partial charge in [0.2, 0.25) is 0 Å². The first kappa shape index (κ1) is 19.9. The van der Waals surface area contributed by atoms with E-state index in [-0.39, 0.29) is 0 Å². The lowest BCUT2D eigenvalue weighted by atomic mass is 10.1. The van der Waals surface area contributed by atoms with Crippen molar-refractivity contribution < 1.29 is 0 Å². The van der Waals surface area contributed by atoms with E-state index in [1.807, 2.05) is 11.8 Å². The maximum absolute atomic E-state index is 5.93. The van der Waals surface area contributed by atoms with Gasteiger partial charge in [-0.05, 0) is 49.2 Å². The molecule has 1 aliphatic rings. The van der Waals surface area contributed by atoms with Crippen LogP contribution in [0.1, 0.15) is 18.9 Å². The van der Waals surface area contributed by atoms with Gasteiger partial charge in [-0.3, -0.25) is 0 Å². The number of benzene rings is 2. The van der Waals surface area contributed by atoms with E-state index in [4.69, 9.17) is 23.2 Å². The van der Waals surface area contributed by atoms with E-state index in [9.17, 15) is 0 Å². The quantitative estimate of drug-likeness (QED) is 0.468. The summed E-state index contributed by atoms with van der Waals surface area (Å²) in [6.45, 7) is 6.04. The minimum absolute atomic E-state index is 0.656. The van der Waals surface area contributed by atoms with Crippen molar-refractivity contribution in [2.75, 3.05) is 42.8 Å². The summed E-state index contributed by atoms with van der Waals surface area (Å²) in [5.41, 5.74) is 4.05. The number of anilines is 2. The third-order valence-corrected chi connectivity index (χ3v) is 6.22. The van der Waals surface area contributed by atoms with Crippen molar-refractivity contribution in [3.63, 3.8) is 0 Å². The SMILES string of the molecule is CCc1ccc2c(c1)N(CCCN(CCCl)CCCl)c1ccccc1S2. The highest BCUT2D eigenvalue weighted by Gasteiger charge is 2.23. The highest BCUT2D eigenvalue weighted by atomic mass is 35.5. The number of halogens is 2. The molecular weight excluding hydrogens is 383 g/mol. The van der Waals surface area contributed by atoms with Crippen molar-refractivity contribution in [1.29, 1.82) is 0 Å². The number of hydrogen-bond acceptors (Lipinski definition) is 3. The third-order valence-electron chi connectivity index (χ3n) is 4.76. The first-order valence-electron chi connectivity index (χ1n) is 9.28. The van der Waals surface area contributed by atoms with Gasteiger partial charge in [-0.25, -0.2) is 0 Å². The van der Waals surface area contributed by atoms with E-state index in [1.165, 1.54) is 26.7 Å². The van der Waals surface area contributed by atoms with Crippen LogP contribution < -0.4 is 4.90 Å². The van der Waals surface area contributed by atoms with Gasteiger partial charge in [0.15, 0.2) is 0 Å². The number of para-hydroxylation sites is 1. The molecule has 0 unspecified atom stereocenters. The zero-order chi connectivity index (χ0) is 18.4. The zero-order valence-electron chi connectivity index (χ0n) is 15.3. The van der Waals surface area contributed by atoms with Crippen LogP contribution in [0.2, 0.25) is 0 Å². The molecule has 0 radical (unpaired) electrons. The summed E-state index contributed by atoms with van der Waals surface area (Å²) in [5.74, 6) is 1.31. The monoisotopic (exact) mass is 408 g/mol. The summed E-state index contributed by atoms with van der Waals surface area (Å²) in [4.78, 5) is 7.52. The zero-order valence-corrected chi connectivity index (χ0v) is 17.6. The second kappa shape index (κ2) is 9.89. The molecule has 0 amide bonds. The summed E-state index contributed by atoms with van der Waals surface area (Å²) in [5, 5.41) is 0. The number of rotatable bonds is 9. The Bertz CT molecular complexity index is 717. The van der Waals surface area contributed by atoms with Crippen LogP contribution in [-0.2, 0) is 6.42 Å². The summed E-state index contributed by atoms with van der Waals surface area (Å²) in [6, 6.07) is 15.6. The molecule has 3 rings (SSSR count). The minimum atomic E-state index is 0.656. The lowest BCUT2D eigenvalue weighted by Crippen LogP contribution is -2.32. The van der Waals surface area contributed by atoms with E-state index >= 15 is 0 Å². The van der Waals surface area contributed by atoms with E-state index < -0.39 is 0 Å². The van der Waals surface area contributed by atoms with Gasteiger partial charge in [-0.15, -0.1) is 23.2 Å². The molecule has 0 fully saturated rings. The first-order valence-corrected chi connectivity index (χ1v) is 11.2. The maximum Gasteiger partial charge on any atom is 0.0555 e. The highest BCUT2D eigenvalue weighted by molar-refractivity contribution is 7.99. The molecule has 1 aliphatic heterocycles. The molecule has 0 saturated heterocycles. The topological polar surface area (TPSA) is 6.48 Å².